The molecule has 156 valence electrons. The summed E-state index contributed by atoms with van der Waals surface area (Å²) in [5, 5.41) is 6.41. The molecule has 1 aliphatic rings. The third-order valence-corrected chi connectivity index (χ3v) is 5.71. The molecule has 6 heteroatoms. The van der Waals surface area contributed by atoms with Crippen LogP contribution in [0.1, 0.15) is 50.2 Å². The van der Waals surface area contributed by atoms with Crippen LogP contribution in [-0.4, -0.2) is 35.5 Å². The number of aromatic nitrogens is 2. The lowest BCUT2D eigenvalue weighted by atomic mass is 9.93. The third kappa shape index (κ3) is 5.92. The van der Waals surface area contributed by atoms with E-state index in [4.69, 9.17) is 0 Å². The van der Waals surface area contributed by atoms with E-state index in [0.717, 1.165) is 61.8 Å². The zero-order chi connectivity index (χ0) is 20.6. The number of rotatable bonds is 8. The van der Waals surface area contributed by atoms with Crippen LogP contribution in [0.4, 0.5) is 17.3 Å². The summed E-state index contributed by atoms with van der Waals surface area (Å²) in [5.41, 5.74) is 3.26. The molecule has 29 heavy (non-hydrogen) atoms. The summed E-state index contributed by atoms with van der Waals surface area (Å²) in [4.78, 5) is 23.6. The molecule has 0 saturated carbocycles. The van der Waals surface area contributed by atoms with Crippen LogP contribution in [0.2, 0.25) is 0 Å². The standard InChI is InChI=1S/C23H33N5O/c1-4-12-24-21-14-22(26-16-25-21)28-13-6-8-19(15-28)10-11-23(29)27-20-9-5-7-17(2)18(20)3/h5,7,9,14,16,19H,4,6,8,10-13,15H2,1-3H3,(H,27,29)(H,24,25,26)/t19-/m1/s1. The first-order valence-electron chi connectivity index (χ1n) is 10.7. The Morgan fingerprint density at radius 1 is 1.28 bits per heavy atom. The van der Waals surface area contributed by atoms with Crippen LogP contribution in [0.15, 0.2) is 30.6 Å². The second-order valence-corrected chi connectivity index (χ2v) is 7.98. The van der Waals surface area contributed by atoms with Gasteiger partial charge in [-0.15, -0.1) is 0 Å². The summed E-state index contributed by atoms with van der Waals surface area (Å²) in [6.07, 6.45) is 6.45. The molecule has 1 aromatic carbocycles. The van der Waals surface area contributed by atoms with Crippen LogP contribution in [0, 0.1) is 19.8 Å². The molecule has 1 atom stereocenters. The van der Waals surface area contributed by atoms with Crippen LogP contribution in [0.5, 0.6) is 0 Å². The maximum absolute atomic E-state index is 12.5. The highest BCUT2D eigenvalue weighted by Crippen LogP contribution is 2.26. The van der Waals surface area contributed by atoms with E-state index in [1.165, 1.54) is 12.0 Å². The molecule has 0 aliphatic carbocycles. The molecule has 6 nitrogen and oxygen atoms in total. The lowest BCUT2D eigenvalue weighted by molar-refractivity contribution is -0.116. The van der Waals surface area contributed by atoms with Crippen molar-refractivity contribution in [3.63, 3.8) is 0 Å². The van der Waals surface area contributed by atoms with E-state index in [0.29, 0.717) is 12.3 Å². The van der Waals surface area contributed by atoms with Crippen molar-refractivity contribution in [2.75, 3.05) is 35.2 Å². The van der Waals surface area contributed by atoms with Gasteiger partial charge in [-0.3, -0.25) is 4.79 Å². The normalized spacial score (nSPS) is 16.5. The van der Waals surface area contributed by atoms with Gasteiger partial charge < -0.3 is 15.5 Å². The van der Waals surface area contributed by atoms with Gasteiger partial charge in [0.25, 0.3) is 0 Å². The van der Waals surface area contributed by atoms with Crippen molar-refractivity contribution in [2.24, 2.45) is 5.92 Å². The van der Waals surface area contributed by atoms with E-state index < -0.39 is 0 Å². The van der Waals surface area contributed by atoms with Crippen LogP contribution >= 0.6 is 0 Å². The van der Waals surface area contributed by atoms with Gasteiger partial charge in [-0.2, -0.15) is 0 Å². The SMILES string of the molecule is CCCNc1cc(N2CCC[C@H](CCC(=O)Nc3cccc(C)c3C)C2)ncn1. The number of nitrogens with zero attached hydrogens (tertiary/aromatic N) is 3. The molecule has 1 amide bonds. The first-order chi connectivity index (χ1) is 14.1. The van der Waals surface area contributed by atoms with Gasteiger partial charge in [0.15, 0.2) is 0 Å². The number of piperidine rings is 1. The lowest BCUT2D eigenvalue weighted by Crippen LogP contribution is -2.36. The Morgan fingerprint density at radius 2 is 2.14 bits per heavy atom. The van der Waals surface area contributed by atoms with Gasteiger partial charge in [0.2, 0.25) is 5.91 Å². The molecule has 1 aliphatic heterocycles. The minimum absolute atomic E-state index is 0.101. The molecule has 0 radical (unpaired) electrons. The van der Waals surface area contributed by atoms with Crippen molar-refractivity contribution >= 4 is 23.2 Å². The second-order valence-electron chi connectivity index (χ2n) is 7.98. The number of hydrogen-bond donors (Lipinski definition) is 2. The van der Waals surface area contributed by atoms with E-state index in [1.54, 1.807) is 6.33 Å². The topological polar surface area (TPSA) is 70.2 Å². The first-order valence-corrected chi connectivity index (χ1v) is 10.7. The minimum atomic E-state index is 0.101. The molecule has 0 bridgehead atoms. The van der Waals surface area contributed by atoms with E-state index >= 15 is 0 Å². The van der Waals surface area contributed by atoms with Crippen molar-refractivity contribution in [3.05, 3.63) is 41.7 Å². The zero-order valence-electron chi connectivity index (χ0n) is 17.9. The Balaban J connectivity index is 1.52. The highest BCUT2D eigenvalue weighted by molar-refractivity contribution is 5.91. The molecule has 0 spiro atoms. The fraction of sp³-hybridized carbons (Fsp3) is 0.522. The number of nitrogens with one attached hydrogen (secondary N) is 2. The molecular weight excluding hydrogens is 362 g/mol. The van der Waals surface area contributed by atoms with Gasteiger partial charge in [0.1, 0.15) is 18.0 Å². The summed E-state index contributed by atoms with van der Waals surface area (Å²) in [5.74, 6) is 2.47. The van der Waals surface area contributed by atoms with E-state index in [-0.39, 0.29) is 5.91 Å². The number of carbonyl (C=O) groups is 1. The Bertz CT molecular complexity index is 823. The molecule has 1 saturated heterocycles. The minimum Gasteiger partial charge on any atom is -0.370 e. The highest BCUT2D eigenvalue weighted by atomic mass is 16.1. The van der Waals surface area contributed by atoms with Gasteiger partial charge in [-0.25, -0.2) is 9.97 Å². The fourth-order valence-corrected chi connectivity index (χ4v) is 3.81. The van der Waals surface area contributed by atoms with Crippen molar-refractivity contribution in [3.8, 4) is 0 Å². The quantitative estimate of drug-likeness (QED) is 0.686. The fourth-order valence-electron chi connectivity index (χ4n) is 3.81. The molecule has 2 aromatic rings. The average molecular weight is 396 g/mol. The van der Waals surface area contributed by atoms with Crippen LogP contribution in [0.25, 0.3) is 0 Å². The van der Waals surface area contributed by atoms with Crippen molar-refractivity contribution in [1.29, 1.82) is 0 Å². The summed E-state index contributed by atoms with van der Waals surface area (Å²) < 4.78 is 0. The molecule has 1 fully saturated rings. The van der Waals surface area contributed by atoms with Crippen molar-refractivity contribution in [1.82, 2.24) is 9.97 Å². The maximum atomic E-state index is 12.5. The smallest absolute Gasteiger partial charge is 0.224 e. The second kappa shape index (κ2) is 10.2. The Morgan fingerprint density at radius 3 is 2.97 bits per heavy atom. The lowest BCUT2D eigenvalue weighted by Gasteiger charge is -2.33. The number of aryl methyl sites for hydroxylation is 1. The van der Waals surface area contributed by atoms with Gasteiger partial charge in [0.05, 0.1) is 0 Å². The Labute approximate surface area is 174 Å². The Kier molecular flexibility index (Phi) is 7.44. The first kappa shape index (κ1) is 21.1. The molecular formula is C23H33N5O. The maximum Gasteiger partial charge on any atom is 0.224 e. The van der Waals surface area contributed by atoms with Crippen LogP contribution in [0.3, 0.4) is 0 Å². The van der Waals surface area contributed by atoms with Gasteiger partial charge in [-0.1, -0.05) is 19.1 Å². The van der Waals surface area contributed by atoms with Gasteiger partial charge in [0, 0.05) is 37.8 Å². The van der Waals surface area contributed by atoms with Crippen molar-refractivity contribution in [2.45, 2.75) is 52.9 Å². The summed E-state index contributed by atoms with van der Waals surface area (Å²) >= 11 is 0. The predicted octanol–water partition coefficient (Wildman–Crippen LogP) is 4.55. The largest absolute Gasteiger partial charge is 0.370 e. The highest BCUT2D eigenvalue weighted by Gasteiger charge is 2.22. The van der Waals surface area contributed by atoms with Crippen LogP contribution in [-0.2, 0) is 4.79 Å². The van der Waals surface area contributed by atoms with Gasteiger partial charge in [-0.05, 0) is 62.6 Å². The number of anilines is 3. The van der Waals surface area contributed by atoms with E-state index in [2.05, 4.69) is 52.3 Å². The third-order valence-electron chi connectivity index (χ3n) is 5.71. The Hall–Kier alpha value is -2.63. The van der Waals surface area contributed by atoms with Gasteiger partial charge >= 0.3 is 0 Å². The number of carbonyl (C=O) groups excluding carboxylic acids is 1. The van der Waals surface area contributed by atoms with E-state index in [1.807, 2.05) is 18.2 Å². The average Bonchev–Trinajstić information content (AvgIpc) is 2.74. The zero-order valence-corrected chi connectivity index (χ0v) is 17.9. The summed E-state index contributed by atoms with van der Waals surface area (Å²) in [6, 6.07) is 8.06. The number of benzene rings is 1. The molecule has 3 rings (SSSR count). The molecule has 1 aromatic heterocycles. The number of hydrogen-bond acceptors (Lipinski definition) is 5. The van der Waals surface area contributed by atoms with Crippen molar-refractivity contribution < 1.29 is 4.79 Å². The predicted molar refractivity (Wildman–Crippen MR) is 120 cm³/mol. The molecule has 2 heterocycles. The monoisotopic (exact) mass is 395 g/mol. The molecule has 2 N–H and O–H groups in total. The summed E-state index contributed by atoms with van der Waals surface area (Å²) in [6.45, 7) is 9.12. The van der Waals surface area contributed by atoms with Crippen LogP contribution < -0.4 is 15.5 Å². The number of amides is 1. The van der Waals surface area contributed by atoms with E-state index in [9.17, 15) is 4.79 Å². The molecule has 0 unspecified atom stereocenters. The summed E-state index contributed by atoms with van der Waals surface area (Å²) in [7, 11) is 0.